The first-order valence-electron chi connectivity index (χ1n) is 12.0. The molecule has 1 unspecified atom stereocenters. The number of thiophene rings is 1. The molecule has 3 heterocycles. The third kappa shape index (κ3) is 5.23. The van der Waals surface area contributed by atoms with Crippen LogP contribution in [0.25, 0.3) is 0 Å². The summed E-state index contributed by atoms with van der Waals surface area (Å²) in [5, 5.41) is 32.9. The van der Waals surface area contributed by atoms with Crippen LogP contribution in [-0.2, 0) is 9.59 Å². The van der Waals surface area contributed by atoms with E-state index in [9.17, 15) is 24.8 Å². The summed E-state index contributed by atoms with van der Waals surface area (Å²) in [5.41, 5.74) is 9.38. The SMILES string of the molecule is Cc1ccsc1C1C(C#N)=C(N)N(c2nnc(SCC(=O)Nc3ccc(Cl)c(C(=O)O)c3)s2)C2=C1C(=O)CCC2. The van der Waals surface area contributed by atoms with Crippen molar-refractivity contribution >= 4 is 74.5 Å². The number of anilines is 2. The first kappa shape index (κ1) is 27.9. The lowest BCUT2D eigenvalue weighted by atomic mass is 9.78. The number of amides is 1. The molecule has 5 rings (SSSR count). The van der Waals surface area contributed by atoms with Crippen molar-refractivity contribution in [3.05, 3.63) is 73.3 Å². The van der Waals surface area contributed by atoms with E-state index in [0.29, 0.717) is 45.6 Å². The van der Waals surface area contributed by atoms with Gasteiger partial charge in [-0.15, -0.1) is 21.5 Å². The number of carboxylic acids is 1. The summed E-state index contributed by atoms with van der Waals surface area (Å²) >= 11 is 9.73. The Kier molecular flexibility index (Phi) is 7.95. The second kappa shape index (κ2) is 11.4. The predicted octanol–water partition coefficient (Wildman–Crippen LogP) is 5.30. The zero-order chi connectivity index (χ0) is 28.6. The average Bonchev–Trinajstić information content (AvgIpc) is 3.56. The van der Waals surface area contributed by atoms with Crippen molar-refractivity contribution in [3.63, 3.8) is 0 Å². The van der Waals surface area contributed by atoms with Crippen molar-refractivity contribution < 1.29 is 19.5 Å². The van der Waals surface area contributed by atoms with Crippen molar-refractivity contribution in [2.45, 2.75) is 36.4 Å². The maximum absolute atomic E-state index is 13.2. The molecule has 0 spiro atoms. The van der Waals surface area contributed by atoms with Crippen molar-refractivity contribution in [1.29, 1.82) is 5.26 Å². The number of benzene rings is 1. The Balaban J connectivity index is 1.38. The number of aromatic nitrogens is 2. The minimum absolute atomic E-state index is 0.00617. The van der Waals surface area contributed by atoms with E-state index >= 15 is 0 Å². The lowest BCUT2D eigenvalue weighted by molar-refractivity contribution is -0.116. The van der Waals surface area contributed by atoms with Crippen LogP contribution in [0.2, 0.25) is 5.02 Å². The van der Waals surface area contributed by atoms with E-state index < -0.39 is 11.9 Å². The summed E-state index contributed by atoms with van der Waals surface area (Å²) in [4.78, 5) is 39.6. The Morgan fingerprint density at radius 2 is 2.12 bits per heavy atom. The second-order valence-corrected chi connectivity index (χ2v) is 12.5. The fourth-order valence-electron chi connectivity index (χ4n) is 4.69. The van der Waals surface area contributed by atoms with Gasteiger partial charge < -0.3 is 16.2 Å². The van der Waals surface area contributed by atoms with Crippen LogP contribution in [0.3, 0.4) is 0 Å². The van der Waals surface area contributed by atoms with E-state index in [4.69, 9.17) is 17.3 Å². The molecule has 0 bridgehead atoms. The molecule has 0 saturated carbocycles. The fraction of sp³-hybridized carbons (Fsp3) is 0.231. The number of halogens is 1. The number of carboxylic acid groups (broad SMARTS) is 1. The highest BCUT2D eigenvalue weighted by Crippen LogP contribution is 2.48. The summed E-state index contributed by atoms with van der Waals surface area (Å²) in [6.07, 6.45) is 1.67. The zero-order valence-electron chi connectivity index (χ0n) is 20.9. The van der Waals surface area contributed by atoms with E-state index in [1.165, 1.54) is 40.9 Å². The standard InChI is InChI=1S/C26H21ClN6O4S3/c1-12-7-8-38-22(12)20-15(10-28)23(29)33(17-3-2-4-18(34)21(17)20)25-31-32-26(40-25)39-11-19(35)30-13-5-6-16(27)14(9-13)24(36)37/h5-9,20H,2-4,11,29H2,1H3,(H,30,35)(H,36,37). The topological polar surface area (TPSA) is 162 Å². The van der Waals surface area contributed by atoms with Gasteiger partial charge in [-0.1, -0.05) is 34.7 Å². The highest BCUT2D eigenvalue weighted by atomic mass is 35.5. The maximum atomic E-state index is 13.2. The number of aromatic carboxylic acids is 1. The monoisotopic (exact) mass is 612 g/mol. The van der Waals surface area contributed by atoms with Crippen LogP contribution in [-0.4, -0.2) is 38.7 Å². The minimum atomic E-state index is -1.20. The molecule has 204 valence electrons. The van der Waals surface area contributed by atoms with Gasteiger partial charge in [0.15, 0.2) is 10.1 Å². The fourth-order valence-corrected chi connectivity index (χ4v) is 7.61. The number of carbonyl (C=O) groups is 3. The molecular formula is C26H21ClN6O4S3. The van der Waals surface area contributed by atoms with Gasteiger partial charge in [-0.3, -0.25) is 14.5 Å². The molecule has 2 aromatic heterocycles. The summed E-state index contributed by atoms with van der Waals surface area (Å²) in [6.45, 7) is 1.96. The molecule has 0 saturated heterocycles. The van der Waals surface area contributed by atoms with Gasteiger partial charge in [0.25, 0.3) is 0 Å². The van der Waals surface area contributed by atoms with Crippen LogP contribution in [0.15, 0.2) is 56.6 Å². The highest BCUT2D eigenvalue weighted by molar-refractivity contribution is 8.01. The summed E-state index contributed by atoms with van der Waals surface area (Å²) in [5.74, 6) is -1.88. The Labute approximate surface area is 246 Å². The Hall–Kier alpha value is -3.70. The van der Waals surface area contributed by atoms with Gasteiger partial charge in [0, 0.05) is 28.3 Å². The first-order valence-corrected chi connectivity index (χ1v) is 15.0. The third-order valence-corrected chi connectivity index (χ3v) is 9.93. The number of hydrogen-bond donors (Lipinski definition) is 3. The zero-order valence-corrected chi connectivity index (χ0v) is 24.1. The number of nitrogens with zero attached hydrogens (tertiary/aromatic N) is 4. The Morgan fingerprint density at radius 1 is 1.32 bits per heavy atom. The van der Waals surface area contributed by atoms with Crippen LogP contribution in [0.1, 0.15) is 46.0 Å². The molecular weight excluding hydrogens is 592 g/mol. The number of thioether (sulfide) groups is 1. The second-order valence-electron chi connectivity index (χ2n) is 8.97. The smallest absolute Gasteiger partial charge is 0.337 e. The van der Waals surface area contributed by atoms with Crippen molar-refractivity contribution in [1.82, 2.24) is 10.2 Å². The summed E-state index contributed by atoms with van der Waals surface area (Å²) in [6, 6.07) is 8.41. The molecule has 14 heteroatoms. The molecule has 0 fully saturated rings. The number of aryl methyl sites for hydroxylation is 1. The van der Waals surface area contributed by atoms with Gasteiger partial charge in [0.1, 0.15) is 5.82 Å². The quantitative estimate of drug-likeness (QED) is 0.299. The lowest BCUT2D eigenvalue weighted by Crippen LogP contribution is -2.38. The number of nitrogens with two attached hydrogens (primary N) is 1. The van der Waals surface area contributed by atoms with Gasteiger partial charge in [0.05, 0.1) is 33.9 Å². The number of nitriles is 1. The van der Waals surface area contributed by atoms with E-state index in [1.54, 1.807) is 4.90 Å². The molecule has 1 amide bonds. The van der Waals surface area contributed by atoms with Gasteiger partial charge in [-0.05, 0) is 55.0 Å². The van der Waals surface area contributed by atoms with Crippen LogP contribution < -0.4 is 16.0 Å². The molecule has 10 nitrogen and oxygen atoms in total. The average molecular weight is 613 g/mol. The molecule has 1 aromatic carbocycles. The van der Waals surface area contributed by atoms with E-state index in [0.717, 1.165) is 27.9 Å². The van der Waals surface area contributed by atoms with Crippen molar-refractivity contribution in [2.75, 3.05) is 16.0 Å². The van der Waals surface area contributed by atoms with E-state index in [-0.39, 0.29) is 33.9 Å². The van der Waals surface area contributed by atoms with Crippen molar-refractivity contribution in [3.8, 4) is 6.07 Å². The number of allylic oxidation sites excluding steroid dienone is 3. The number of carbonyl (C=O) groups excluding carboxylic acids is 2. The van der Waals surface area contributed by atoms with Gasteiger partial charge in [-0.2, -0.15) is 5.26 Å². The predicted molar refractivity (Wildman–Crippen MR) is 155 cm³/mol. The Morgan fingerprint density at radius 3 is 2.83 bits per heavy atom. The normalized spacial score (nSPS) is 17.1. The molecule has 1 atom stereocenters. The third-order valence-electron chi connectivity index (χ3n) is 6.47. The van der Waals surface area contributed by atoms with Crippen LogP contribution in [0.4, 0.5) is 10.8 Å². The van der Waals surface area contributed by atoms with E-state index in [1.807, 2.05) is 18.4 Å². The number of ketones is 1. The largest absolute Gasteiger partial charge is 0.478 e. The van der Waals surface area contributed by atoms with Crippen LogP contribution in [0.5, 0.6) is 0 Å². The van der Waals surface area contributed by atoms with Crippen molar-refractivity contribution in [2.24, 2.45) is 5.73 Å². The molecule has 0 radical (unpaired) electrons. The number of nitrogens with one attached hydrogen (secondary N) is 1. The molecule has 1 aliphatic heterocycles. The molecule has 3 aromatic rings. The van der Waals surface area contributed by atoms with Gasteiger partial charge in [0.2, 0.25) is 11.0 Å². The number of hydrogen-bond acceptors (Lipinski definition) is 11. The van der Waals surface area contributed by atoms with Crippen LogP contribution >= 0.6 is 46.0 Å². The van der Waals surface area contributed by atoms with Gasteiger partial charge >= 0.3 is 5.97 Å². The van der Waals surface area contributed by atoms with Crippen LogP contribution in [0, 0.1) is 18.3 Å². The summed E-state index contributed by atoms with van der Waals surface area (Å²) < 4.78 is 0.485. The first-order chi connectivity index (χ1) is 19.2. The minimum Gasteiger partial charge on any atom is -0.478 e. The molecule has 4 N–H and O–H groups in total. The molecule has 40 heavy (non-hydrogen) atoms. The Bertz CT molecular complexity index is 1650. The molecule has 1 aliphatic carbocycles. The number of Topliss-reactive ketones (excluding diaryl/α,β-unsaturated/α-hetero) is 1. The summed E-state index contributed by atoms with van der Waals surface area (Å²) in [7, 11) is 0. The number of rotatable bonds is 7. The molecule has 2 aliphatic rings. The van der Waals surface area contributed by atoms with Gasteiger partial charge in [-0.25, -0.2) is 4.79 Å². The lowest BCUT2D eigenvalue weighted by Gasteiger charge is -2.37. The maximum Gasteiger partial charge on any atom is 0.337 e. The highest BCUT2D eigenvalue weighted by Gasteiger charge is 2.42. The van der Waals surface area contributed by atoms with E-state index in [2.05, 4.69) is 21.6 Å².